The van der Waals surface area contributed by atoms with Gasteiger partial charge in [-0.3, -0.25) is 9.48 Å². The molecule has 0 radical (unpaired) electrons. The van der Waals surface area contributed by atoms with Crippen molar-refractivity contribution in [2.45, 2.75) is 6.18 Å². The summed E-state index contributed by atoms with van der Waals surface area (Å²) in [5.41, 5.74) is -1.04. The van der Waals surface area contributed by atoms with E-state index in [2.05, 4.69) is 10.4 Å². The summed E-state index contributed by atoms with van der Waals surface area (Å²) in [6, 6.07) is 5.30. The van der Waals surface area contributed by atoms with E-state index in [0.29, 0.717) is 27.9 Å². The minimum absolute atomic E-state index is 0.311. The number of halogens is 3. The highest BCUT2D eigenvalue weighted by Crippen LogP contribution is 2.30. The number of ether oxygens (including phenoxy) is 2. The average molecular weight is 329 g/mol. The van der Waals surface area contributed by atoms with Gasteiger partial charge in [-0.05, 0) is 0 Å². The lowest BCUT2D eigenvalue weighted by Crippen LogP contribution is -2.13. The van der Waals surface area contributed by atoms with Crippen molar-refractivity contribution >= 4 is 11.6 Å². The molecule has 0 unspecified atom stereocenters. The molecule has 0 saturated carbocycles. The second-order valence-electron chi connectivity index (χ2n) is 4.59. The van der Waals surface area contributed by atoms with Gasteiger partial charge in [0.05, 0.1) is 14.2 Å². The number of nitrogens with zero attached hydrogens (tertiary/aromatic N) is 2. The Kier molecular flexibility index (Phi) is 4.48. The summed E-state index contributed by atoms with van der Waals surface area (Å²) in [6.45, 7) is 0. The summed E-state index contributed by atoms with van der Waals surface area (Å²) >= 11 is 0. The number of rotatable bonds is 4. The van der Waals surface area contributed by atoms with Gasteiger partial charge in [0.25, 0.3) is 5.91 Å². The molecule has 1 aromatic heterocycles. The van der Waals surface area contributed by atoms with Gasteiger partial charge >= 0.3 is 6.18 Å². The van der Waals surface area contributed by atoms with Gasteiger partial charge in [0, 0.05) is 37.0 Å². The summed E-state index contributed by atoms with van der Waals surface area (Å²) in [4.78, 5) is 12.1. The van der Waals surface area contributed by atoms with E-state index >= 15 is 0 Å². The van der Waals surface area contributed by atoms with Crippen molar-refractivity contribution in [1.82, 2.24) is 9.78 Å². The summed E-state index contributed by atoms with van der Waals surface area (Å²) in [5, 5.41) is 6.04. The van der Waals surface area contributed by atoms with Crippen LogP contribution in [0.2, 0.25) is 0 Å². The van der Waals surface area contributed by atoms with Crippen LogP contribution in [0.1, 0.15) is 16.2 Å². The van der Waals surface area contributed by atoms with E-state index < -0.39 is 17.8 Å². The topological polar surface area (TPSA) is 65.4 Å². The number of hydrogen-bond donors (Lipinski definition) is 1. The van der Waals surface area contributed by atoms with Crippen LogP contribution in [0.15, 0.2) is 24.3 Å². The Morgan fingerprint density at radius 3 is 2.13 bits per heavy atom. The van der Waals surface area contributed by atoms with Crippen LogP contribution in [0.4, 0.5) is 18.9 Å². The Balaban J connectivity index is 2.26. The smallest absolute Gasteiger partial charge is 0.433 e. The maximum absolute atomic E-state index is 12.7. The molecule has 124 valence electrons. The predicted molar refractivity (Wildman–Crippen MR) is 75.7 cm³/mol. The first kappa shape index (κ1) is 16.7. The van der Waals surface area contributed by atoms with Gasteiger partial charge < -0.3 is 14.8 Å². The van der Waals surface area contributed by atoms with E-state index in [0.717, 1.165) is 7.05 Å². The Bertz CT molecular complexity index is 704. The van der Waals surface area contributed by atoms with E-state index in [1.807, 2.05) is 0 Å². The normalized spacial score (nSPS) is 11.2. The molecule has 2 rings (SSSR count). The van der Waals surface area contributed by atoms with Gasteiger partial charge in [-0.2, -0.15) is 18.3 Å². The maximum atomic E-state index is 12.7. The van der Waals surface area contributed by atoms with Gasteiger partial charge in [0.1, 0.15) is 17.2 Å². The molecule has 0 aliphatic carbocycles. The van der Waals surface area contributed by atoms with Gasteiger partial charge in [-0.15, -0.1) is 0 Å². The molecule has 0 spiro atoms. The maximum Gasteiger partial charge on any atom is 0.433 e. The zero-order chi connectivity index (χ0) is 17.2. The molecule has 0 fully saturated rings. The highest BCUT2D eigenvalue weighted by atomic mass is 19.4. The molecule has 1 N–H and O–H groups in total. The zero-order valence-corrected chi connectivity index (χ0v) is 12.6. The molecule has 6 nitrogen and oxygen atoms in total. The highest BCUT2D eigenvalue weighted by molar-refractivity contribution is 6.03. The second-order valence-corrected chi connectivity index (χ2v) is 4.59. The molecular weight excluding hydrogens is 315 g/mol. The Morgan fingerprint density at radius 2 is 1.70 bits per heavy atom. The van der Waals surface area contributed by atoms with Crippen molar-refractivity contribution in [2.75, 3.05) is 19.5 Å². The molecule has 0 bridgehead atoms. The van der Waals surface area contributed by atoms with Crippen LogP contribution in [-0.4, -0.2) is 29.9 Å². The summed E-state index contributed by atoms with van der Waals surface area (Å²) in [5.74, 6) is 0.0831. The summed E-state index contributed by atoms with van der Waals surface area (Å²) in [7, 11) is 4.00. The third kappa shape index (κ3) is 3.74. The molecule has 1 aromatic carbocycles. The van der Waals surface area contributed by atoms with Crippen LogP contribution in [-0.2, 0) is 13.2 Å². The molecule has 0 atom stereocenters. The first-order valence-electron chi connectivity index (χ1n) is 6.40. The third-order valence-corrected chi connectivity index (χ3v) is 3.01. The summed E-state index contributed by atoms with van der Waals surface area (Å²) in [6.07, 6.45) is -4.58. The van der Waals surface area contributed by atoms with Crippen molar-refractivity contribution in [2.24, 2.45) is 7.05 Å². The fraction of sp³-hybridized carbons (Fsp3) is 0.286. The van der Waals surface area contributed by atoms with E-state index in [1.54, 1.807) is 6.07 Å². The molecule has 9 heteroatoms. The van der Waals surface area contributed by atoms with E-state index in [9.17, 15) is 18.0 Å². The monoisotopic (exact) mass is 329 g/mol. The number of aromatic nitrogens is 2. The number of aryl methyl sites for hydroxylation is 1. The van der Waals surface area contributed by atoms with E-state index in [1.165, 1.54) is 26.4 Å². The van der Waals surface area contributed by atoms with E-state index in [4.69, 9.17) is 9.47 Å². The number of alkyl halides is 3. The lowest BCUT2D eigenvalue weighted by Gasteiger charge is -2.09. The van der Waals surface area contributed by atoms with Crippen LogP contribution < -0.4 is 14.8 Å². The van der Waals surface area contributed by atoms with Crippen LogP contribution in [0.5, 0.6) is 11.5 Å². The van der Waals surface area contributed by atoms with E-state index in [-0.39, 0.29) is 5.69 Å². The van der Waals surface area contributed by atoms with Crippen molar-refractivity contribution in [3.63, 3.8) is 0 Å². The van der Waals surface area contributed by atoms with Gasteiger partial charge in [-0.25, -0.2) is 0 Å². The third-order valence-electron chi connectivity index (χ3n) is 3.01. The largest absolute Gasteiger partial charge is 0.497 e. The van der Waals surface area contributed by atoms with Gasteiger partial charge in [0.2, 0.25) is 0 Å². The number of nitrogens with one attached hydrogen (secondary N) is 1. The van der Waals surface area contributed by atoms with Gasteiger partial charge in [-0.1, -0.05) is 0 Å². The van der Waals surface area contributed by atoms with Crippen molar-refractivity contribution in [3.05, 3.63) is 35.7 Å². The van der Waals surface area contributed by atoms with Crippen LogP contribution in [0.3, 0.4) is 0 Å². The number of carbonyl (C=O) groups excluding carboxylic acids is 1. The Morgan fingerprint density at radius 1 is 1.13 bits per heavy atom. The first-order chi connectivity index (χ1) is 10.7. The molecular formula is C14H14F3N3O3. The number of anilines is 1. The van der Waals surface area contributed by atoms with Crippen LogP contribution >= 0.6 is 0 Å². The number of amides is 1. The fourth-order valence-corrected chi connectivity index (χ4v) is 1.92. The van der Waals surface area contributed by atoms with Crippen LogP contribution in [0.25, 0.3) is 0 Å². The molecule has 2 aromatic rings. The first-order valence-corrected chi connectivity index (χ1v) is 6.40. The second kappa shape index (κ2) is 6.19. The lowest BCUT2D eigenvalue weighted by atomic mass is 10.2. The molecule has 23 heavy (non-hydrogen) atoms. The standard InChI is InChI=1S/C14H14F3N3O3/c1-20-12(14(15,16)17)7-11(19-20)13(21)18-8-4-9(22-2)6-10(5-8)23-3/h4-7H,1-3H3,(H,18,21). The minimum atomic E-state index is -4.58. The Labute approximate surface area is 129 Å². The number of methoxy groups -OCH3 is 2. The minimum Gasteiger partial charge on any atom is -0.497 e. The Hall–Kier alpha value is -2.71. The molecule has 1 heterocycles. The fourth-order valence-electron chi connectivity index (χ4n) is 1.92. The van der Waals surface area contributed by atoms with Crippen LogP contribution in [0, 0.1) is 0 Å². The number of hydrogen-bond acceptors (Lipinski definition) is 4. The number of carbonyl (C=O) groups is 1. The average Bonchev–Trinajstić information content (AvgIpc) is 2.89. The van der Waals surface area contributed by atoms with Crippen molar-refractivity contribution in [3.8, 4) is 11.5 Å². The highest BCUT2D eigenvalue weighted by Gasteiger charge is 2.35. The predicted octanol–water partition coefficient (Wildman–Crippen LogP) is 2.71. The summed E-state index contributed by atoms with van der Waals surface area (Å²) < 4.78 is 48.9. The molecule has 0 aliphatic heterocycles. The SMILES string of the molecule is COc1cc(NC(=O)c2cc(C(F)(F)F)n(C)n2)cc(OC)c1. The molecule has 1 amide bonds. The zero-order valence-electron chi connectivity index (χ0n) is 12.6. The quantitative estimate of drug-likeness (QED) is 0.937. The lowest BCUT2D eigenvalue weighted by molar-refractivity contribution is -0.143. The number of benzene rings is 1. The van der Waals surface area contributed by atoms with Gasteiger partial charge in [0.15, 0.2) is 5.69 Å². The van der Waals surface area contributed by atoms with Crippen molar-refractivity contribution in [1.29, 1.82) is 0 Å². The molecule has 0 saturated heterocycles. The molecule has 0 aliphatic rings. The van der Waals surface area contributed by atoms with Crippen molar-refractivity contribution < 1.29 is 27.4 Å².